The van der Waals surface area contributed by atoms with Crippen molar-refractivity contribution in [1.29, 1.82) is 0 Å². The lowest BCUT2D eigenvalue weighted by molar-refractivity contribution is 0.147. The maximum Gasteiger partial charge on any atom is 0.407 e. The second-order valence-electron chi connectivity index (χ2n) is 5.91. The normalized spacial score (nSPS) is 16.4. The van der Waals surface area contributed by atoms with Gasteiger partial charge < -0.3 is 20.7 Å². The number of hydrogen-bond donors (Lipinski definition) is 3. The predicted octanol–water partition coefficient (Wildman–Crippen LogP) is 3.51. The van der Waals surface area contributed by atoms with Crippen molar-refractivity contribution < 1.29 is 9.53 Å². The number of aliphatic imine (C=N–C) groups is 1. The summed E-state index contributed by atoms with van der Waals surface area (Å²) in [6.07, 6.45) is 1.93. The first-order valence-corrected chi connectivity index (χ1v) is 9.53. The topological polar surface area (TPSA) is 74.8 Å². The number of carbonyl (C=O) groups is 1. The van der Waals surface area contributed by atoms with E-state index in [-0.39, 0.29) is 42.2 Å². The zero-order valence-corrected chi connectivity index (χ0v) is 18.2. The van der Waals surface area contributed by atoms with Crippen LogP contribution in [0.4, 0.5) is 4.79 Å². The third-order valence-electron chi connectivity index (χ3n) is 3.88. The fraction of sp³-hybridized carbons (Fsp3) is 0.647. The van der Waals surface area contributed by atoms with E-state index in [0.29, 0.717) is 19.1 Å². The molecular weight excluding hydrogens is 451 g/mol. The summed E-state index contributed by atoms with van der Waals surface area (Å²) in [4.78, 5) is 17.6. The molecule has 0 saturated heterocycles. The molecule has 1 heterocycles. The monoisotopic (exact) mass is 480 g/mol. The second-order valence-corrected chi connectivity index (χ2v) is 6.89. The van der Waals surface area contributed by atoms with Crippen LogP contribution in [0.2, 0.25) is 0 Å². The Hall–Kier alpha value is -1.03. The lowest BCUT2D eigenvalue weighted by atomic mass is 10.2. The number of alkyl carbamates (subject to hydrolysis) is 1. The van der Waals surface area contributed by atoms with Gasteiger partial charge in [-0.2, -0.15) is 0 Å². The average molecular weight is 480 g/mol. The standard InChI is InChI=1S/C17H28N4O2S.HI/c1-4-18-16(20-12(3)15-7-6-10-24-15)19-11-14(13-8-9-13)21-17(22)23-5-2;/h6-7,10,12-14H,4-5,8-9,11H2,1-3H3,(H,21,22)(H2,18,19,20);1H. The molecule has 1 aromatic rings. The molecule has 142 valence electrons. The number of ether oxygens (including phenoxy) is 1. The molecule has 25 heavy (non-hydrogen) atoms. The number of rotatable bonds is 8. The van der Waals surface area contributed by atoms with E-state index in [1.165, 1.54) is 4.88 Å². The van der Waals surface area contributed by atoms with Crippen molar-refractivity contribution in [2.45, 2.75) is 45.7 Å². The molecule has 6 nitrogen and oxygen atoms in total. The van der Waals surface area contributed by atoms with E-state index in [2.05, 4.69) is 45.4 Å². The average Bonchev–Trinajstić information content (AvgIpc) is 3.25. The number of amides is 1. The zero-order chi connectivity index (χ0) is 17.4. The highest BCUT2D eigenvalue weighted by atomic mass is 127. The lowest BCUT2D eigenvalue weighted by Gasteiger charge is -2.19. The molecule has 1 aliphatic rings. The van der Waals surface area contributed by atoms with Gasteiger partial charge in [0.15, 0.2) is 5.96 Å². The minimum Gasteiger partial charge on any atom is -0.450 e. The molecule has 2 atom stereocenters. The number of nitrogens with zero attached hydrogens (tertiary/aromatic N) is 1. The molecule has 3 N–H and O–H groups in total. The van der Waals surface area contributed by atoms with Crippen molar-refractivity contribution in [1.82, 2.24) is 16.0 Å². The summed E-state index contributed by atoms with van der Waals surface area (Å²) in [5, 5.41) is 11.7. The SMILES string of the molecule is CCNC(=NCC(NC(=O)OCC)C1CC1)NC(C)c1cccs1.I. The summed E-state index contributed by atoms with van der Waals surface area (Å²) in [7, 11) is 0. The van der Waals surface area contributed by atoms with Gasteiger partial charge in [0.2, 0.25) is 0 Å². The number of nitrogens with one attached hydrogen (secondary N) is 3. The lowest BCUT2D eigenvalue weighted by Crippen LogP contribution is -2.42. The smallest absolute Gasteiger partial charge is 0.407 e. The van der Waals surface area contributed by atoms with E-state index in [1.807, 2.05) is 13.8 Å². The van der Waals surface area contributed by atoms with Gasteiger partial charge in [-0.1, -0.05) is 6.07 Å². The third kappa shape index (κ3) is 7.81. The van der Waals surface area contributed by atoms with E-state index in [9.17, 15) is 4.79 Å². The zero-order valence-electron chi connectivity index (χ0n) is 15.1. The summed E-state index contributed by atoms with van der Waals surface area (Å²) < 4.78 is 4.99. The van der Waals surface area contributed by atoms with Gasteiger partial charge in [0.1, 0.15) is 0 Å². The van der Waals surface area contributed by atoms with Crippen LogP contribution in [0.15, 0.2) is 22.5 Å². The number of thiophene rings is 1. The number of halogens is 1. The molecule has 0 bridgehead atoms. The maximum atomic E-state index is 11.7. The van der Waals surface area contributed by atoms with Crippen LogP contribution >= 0.6 is 35.3 Å². The molecule has 0 aliphatic heterocycles. The summed E-state index contributed by atoms with van der Waals surface area (Å²) in [5.74, 6) is 1.28. The molecule has 8 heteroatoms. The van der Waals surface area contributed by atoms with E-state index in [1.54, 1.807) is 11.3 Å². The minimum atomic E-state index is -0.352. The fourth-order valence-electron chi connectivity index (χ4n) is 2.46. The Balaban J connectivity index is 0.00000312. The first-order valence-electron chi connectivity index (χ1n) is 8.65. The third-order valence-corrected chi connectivity index (χ3v) is 4.94. The first-order chi connectivity index (χ1) is 11.6. The molecule has 2 unspecified atom stereocenters. The van der Waals surface area contributed by atoms with E-state index < -0.39 is 0 Å². The Morgan fingerprint density at radius 1 is 1.40 bits per heavy atom. The summed E-state index contributed by atoms with van der Waals surface area (Å²) in [5.41, 5.74) is 0. The van der Waals surface area contributed by atoms with Crippen LogP contribution in [0.3, 0.4) is 0 Å². The molecule has 1 aliphatic carbocycles. The highest BCUT2D eigenvalue weighted by molar-refractivity contribution is 14.0. The van der Waals surface area contributed by atoms with Crippen LogP contribution in [-0.2, 0) is 4.74 Å². The summed E-state index contributed by atoms with van der Waals surface area (Å²) >= 11 is 1.73. The van der Waals surface area contributed by atoms with Gasteiger partial charge in [-0.15, -0.1) is 35.3 Å². The van der Waals surface area contributed by atoms with Gasteiger partial charge in [-0.25, -0.2) is 4.79 Å². The Kier molecular flexibility index (Phi) is 10.2. The fourth-order valence-corrected chi connectivity index (χ4v) is 3.19. The number of guanidine groups is 1. The Bertz CT molecular complexity index is 535. The Morgan fingerprint density at radius 2 is 2.16 bits per heavy atom. The Labute approximate surface area is 171 Å². The number of hydrogen-bond acceptors (Lipinski definition) is 4. The van der Waals surface area contributed by atoms with Crippen LogP contribution in [0.1, 0.15) is 44.5 Å². The van der Waals surface area contributed by atoms with Crippen molar-refractivity contribution in [2.75, 3.05) is 19.7 Å². The molecule has 0 spiro atoms. The maximum absolute atomic E-state index is 11.7. The van der Waals surface area contributed by atoms with Crippen LogP contribution in [0.5, 0.6) is 0 Å². The molecule has 1 saturated carbocycles. The van der Waals surface area contributed by atoms with E-state index in [0.717, 1.165) is 25.3 Å². The van der Waals surface area contributed by atoms with Gasteiger partial charge in [-0.05, 0) is 51.0 Å². The van der Waals surface area contributed by atoms with E-state index in [4.69, 9.17) is 4.74 Å². The molecular formula is C17H29IN4O2S. The van der Waals surface area contributed by atoms with Gasteiger partial charge in [0.25, 0.3) is 0 Å². The van der Waals surface area contributed by atoms with Crippen LogP contribution in [0.25, 0.3) is 0 Å². The van der Waals surface area contributed by atoms with Gasteiger partial charge in [0, 0.05) is 11.4 Å². The van der Waals surface area contributed by atoms with E-state index >= 15 is 0 Å². The highest BCUT2D eigenvalue weighted by Crippen LogP contribution is 2.32. The minimum absolute atomic E-state index is 0. The summed E-state index contributed by atoms with van der Waals surface area (Å²) in [6.45, 7) is 7.70. The molecule has 1 fully saturated rings. The van der Waals surface area contributed by atoms with Crippen molar-refractivity contribution in [3.8, 4) is 0 Å². The molecule has 2 rings (SSSR count). The molecule has 0 radical (unpaired) electrons. The second kappa shape index (κ2) is 11.6. The number of carbonyl (C=O) groups excluding carboxylic acids is 1. The van der Waals surface area contributed by atoms with Crippen LogP contribution in [0, 0.1) is 5.92 Å². The van der Waals surface area contributed by atoms with Crippen molar-refractivity contribution in [3.63, 3.8) is 0 Å². The Morgan fingerprint density at radius 3 is 2.72 bits per heavy atom. The quantitative estimate of drug-likeness (QED) is 0.303. The van der Waals surface area contributed by atoms with Crippen molar-refractivity contribution >= 4 is 47.4 Å². The van der Waals surface area contributed by atoms with Crippen molar-refractivity contribution in [2.24, 2.45) is 10.9 Å². The summed E-state index contributed by atoms with van der Waals surface area (Å²) in [6, 6.07) is 4.40. The highest BCUT2D eigenvalue weighted by Gasteiger charge is 2.32. The molecule has 0 aromatic carbocycles. The van der Waals surface area contributed by atoms with Crippen LogP contribution in [-0.4, -0.2) is 37.8 Å². The van der Waals surface area contributed by atoms with Gasteiger partial charge in [0.05, 0.1) is 25.2 Å². The van der Waals surface area contributed by atoms with Gasteiger partial charge in [-0.3, -0.25) is 4.99 Å². The first kappa shape index (κ1) is 22.0. The van der Waals surface area contributed by atoms with Crippen molar-refractivity contribution in [3.05, 3.63) is 22.4 Å². The molecule has 1 amide bonds. The molecule has 1 aromatic heterocycles. The van der Waals surface area contributed by atoms with Crippen LogP contribution < -0.4 is 16.0 Å². The van der Waals surface area contributed by atoms with Gasteiger partial charge >= 0.3 is 6.09 Å². The largest absolute Gasteiger partial charge is 0.450 e. The predicted molar refractivity (Wildman–Crippen MR) is 114 cm³/mol.